The van der Waals surface area contributed by atoms with Gasteiger partial charge in [0.1, 0.15) is 0 Å². The van der Waals surface area contributed by atoms with E-state index in [9.17, 15) is 9.59 Å². The zero-order valence-corrected chi connectivity index (χ0v) is 15.1. The molecule has 24 heavy (non-hydrogen) atoms. The molecule has 1 aliphatic rings. The van der Waals surface area contributed by atoms with Crippen molar-refractivity contribution in [1.82, 2.24) is 10.2 Å². The quantitative estimate of drug-likeness (QED) is 0.697. The van der Waals surface area contributed by atoms with Gasteiger partial charge in [0.2, 0.25) is 11.8 Å². The number of rotatable bonds is 7. The zero-order valence-electron chi connectivity index (χ0n) is 14.3. The molecule has 0 aliphatic carbocycles. The van der Waals surface area contributed by atoms with Crippen LogP contribution in [0.4, 0.5) is 11.4 Å². The number of benzene rings is 1. The number of nitrogens with one attached hydrogen (secondary N) is 3. The van der Waals surface area contributed by atoms with Gasteiger partial charge >= 0.3 is 0 Å². The Morgan fingerprint density at radius 3 is 2.33 bits per heavy atom. The minimum absolute atomic E-state index is 0.0118. The maximum absolute atomic E-state index is 12.1. The van der Waals surface area contributed by atoms with Gasteiger partial charge in [-0.05, 0) is 38.4 Å². The molecule has 0 radical (unpaired) electrons. The maximum atomic E-state index is 12.1. The number of hydrogen-bond donors (Lipinski definition) is 3. The molecule has 1 aliphatic heterocycles. The first-order chi connectivity index (χ1) is 11.5. The lowest BCUT2D eigenvalue weighted by atomic mass is 10.2. The molecule has 1 fully saturated rings. The Morgan fingerprint density at radius 2 is 1.79 bits per heavy atom. The van der Waals surface area contributed by atoms with Crippen LogP contribution in [-0.4, -0.2) is 61.4 Å². The molecule has 6 nitrogen and oxygen atoms in total. The number of hydrogen-bond acceptors (Lipinski definition) is 5. The average Bonchev–Trinajstić information content (AvgIpc) is 2.55. The number of carbonyl (C=O) groups excluding carboxylic acids is 2. The van der Waals surface area contributed by atoms with Gasteiger partial charge in [-0.1, -0.05) is 0 Å². The smallest absolute Gasteiger partial charge is 0.225 e. The topological polar surface area (TPSA) is 73.5 Å². The van der Waals surface area contributed by atoms with E-state index >= 15 is 0 Å². The Bertz CT molecular complexity index is 542. The number of nitrogens with zero attached hydrogens (tertiary/aromatic N) is 1. The summed E-state index contributed by atoms with van der Waals surface area (Å²) in [5, 5.41) is 9.11. The van der Waals surface area contributed by atoms with E-state index < -0.39 is 0 Å². The van der Waals surface area contributed by atoms with Gasteiger partial charge in [0.25, 0.3) is 0 Å². The highest BCUT2D eigenvalue weighted by Gasteiger charge is 2.16. The van der Waals surface area contributed by atoms with Crippen molar-refractivity contribution in [3.05, 3.63) is 24.3 Å². The molecule has 1 saturated heterocycles. The Morgan fingerprint density at radius 1 is 1.17 bits per heavy atom. The van der Waals surface area contributed by atoms with Gasteiger partial charge in [0, 0.05) is 54.9 Å². The highest BCUT2D eigenvalue weighted by Crippen LogP contribution is 2.15. The van der Waals surface area contributed by atoms with Gasteiger partial charge in [-0.15, -0.1) is 0 Å². The van der Waals surface area contributed by atoms with E-state index in [-0.39, 0.29) is 17.9 Å². The normalized spacial score (nSPS) is 17.5. The SMILES string of the molecule is CN(C)CCC(=O)Nc1ccc(NC(=O)CC2CSCCN2)cc1. The molecule has 2 rings (SSSR count). The predicted molar refractivity (Wildman–Crippen MR) is 101 cm³/mol. The van der Waals surface area contributed by atoms with Crippen LogP contribution in [0.1, 0.15) is 12.8 Å². The van der Waals surface area contributed by atoms with Crippen LogP contribution < -0.4 is 16.0 Å². The Kier molecular flexibility index (Phi) is 7.55. The van der Waals surface area contributed by atoms with E-state index in [1.54, 1.807) is 12.1 Å². The number of amides is 2. The summed E-state index contributed by atoms with van der Waals surface area (Å²) >= 11 is 1.88. The molecule has 0 saturated carbocycles. The fraction of sp³-hybridized carbons (Fsp3) is 0.529. The largest absolute Gasteiger partial charge is 0.326 e. The van der Waals surface area contributed by atoms with Gasteiger partial charge in [-0.3, -0.25) is 9.59 Å². The summed E-state index contributed by atoms with van der Waals surface area (Å²) in [6, 6.07) is 7.47. The second kappa shape index (κ2) is 9.66. The Balaban J connectivity index is 1.76. The summed E-state index contributed by atoms with van der Waals surface area (Å²) < 4.78 is 0. The molecular weight excluding hydrogens is 324 g/mol. The summed E-state index contributed by atoms with van der Waals surface area (Å²) in [6.07, 6.45) is 0.938. The summed E-state index contributed by atoms with van der Waals surface area (Å²) in [7, 11) is 3.87. The van der Waals surface area contributed by atoms with Crippen molar-refractivity contribution in [2.24, 2.45) is 0 Å². The van der Waals surface area contributed by atoms with Crippen LogP contribution in [0.5, 0.6) is 0 Å². The van der Waals surface area contributed by atoms with Crippen LogP contribution >= 0.6 is 11.8 Å². The lowest BCUT2D eigenvalue weighted by Gasteiger charge is -2.22. The first-order valence-electron chi connectivity index (χ1n) is 8.18. The van der Waals surface area contributed by atoms with E-state index in [1.165, 1.54) is 0 Å². The van der Waals surface area contributed by atoms with Crippen LogP contribution in [0.3, 0.4) is 0 Å². The first kappa shape index (κ1) is 18.8. The fourth-order valence-corrected chi connectivity index (χ4v) is 3.32. The van der Waals surface area contributed by atoms with Crippen LogP contribution in [0.2, 0.25) is 0 Å². The molecule has 7 heteroatoms. The van der Waals surface area contributed by atoms with Crippen molar-refractivity contribution in [3.8, 4) is 0 Å². The van der Waals surface area contributed by atoms with Crippen molar-refractivity contribution < 1.29 is 9.59 Å². The summed E-state index contributed by atoms with van der Waals surface area (Å²) in [6.45, 7) is 1.68. The molecule has 1 heterocycles. The van der Waals surface area contributed by atoms with E-state index in [2.05, 4.69) is 16.0 Å². The van der Waals surface area contributed by atoms with Crippen molar-refractivity contribution in [2.45, 2.75) is 18.9 Å². The van der Waals surface area contributed by atoms with Crippen LogP contribution in [0.15, 0.2) is 24.3 Å². The number of thioether (sulfide) groups is 1. The van der Waals surface area contributed by atoms with Gasteiger partial charge < -0.3 is 20.9 Å². The third-order valence-electron chi connectivity index (χ3n) is 3.67. The first-order valence-corrected chi connectivity index (χ1v) is 9.34. The van der Waals surface area contributed by atoms with E-state index in [4.69, 9.17) is 0 Å². The van der Waals surface area contributed by atoms with Gasteiger partial charge in [-0.2, -0.15) is 11.8 Å². The van der Waals surface area contributed by atoms with E-state index in [0.29, 0.717) is 19.4 Å². The van der Waals surface area contributed by atoms with Crippen LogP contribution in [0.25, 0.3) is 0 Å². The van der Waals surface area contributed by atoms with Crippen molar-refractivity contribution >= 4 is 35.0 Å². The number of anilines is 2. The third kappa shape index (κ3) is 6.90. The molecular formula is C17H26N4O2S. The Hall–Kier alpha value is -1.57. The monoisotopic (exact) mass is 350 g/mol. The second-order valence-corrected chi connectivity index (χ2v) is 7.31. The Labute approximate surface area is 147 Å². The van der Waals surface area contributed by atoms with Crippen LogP contribution in [0, 0.1) is 0 Å². The van der Waals surface area contributed by atoms with Gasteiger partial charge in [-0.25, -0.2) is 0 Å². The second-order valence-electron chi connectivity index (χ2n) is 6.16. The van der Waals surface area contributed by atoms with Gasteiger partial charge in [0.05, 0.1) is 0 Å². The van der Waals surface area contributed by atoms with Gasteiger partial charge in [0.15, 0.2) is 0 Å². The third-order valence-corrected chi connectivity index (χ3v) is 4.80. The lowest BCUT2D eigenvalue weighted by Crippen LogP contribution is -2.39. The zero-order chi connectivity index (χ0) is 17.4. The highest BCUT2D eigenvalue weighted by molar-refractivity contribution is 7.99. The molecule has 1 aromatic carbocycles. The maximum Gasteiger partial charge on any atom is 0.225 e. The van der Waals surface area contributed by atoms with Crippen molar-refractivity contribution in [2.75, 3.05) is 49.3 Å². The molecule has 1 atom stereocenters. The summed E-state index contributed by atoms with van der Waals surface area (Å²) in [5.74, 6) is 2.09. The minimum atomic E-state index is -0.0126. The van der Waals surface area contributed by atoms with Crippen molar-refractivity contribution in [1.29, 1.82) is 0 Å². The highest BCUT2D eigenvalue weighted by atomic mass is 32.2. The molecule has 1 aromatic rings. The predicted octanol–water partition coefficient (Wildman–Crippen LogP) is 1.61. The minimum Gasteiger partial charge on any atom is -0.326 e. The van der Waals surface area contributed by atoms with Crippen molar-refractivity contribution in [3.63, 3.8) is 0 Å². The number of carbonyl (C=O) groups is 2. The molecule has 1 unspecified atom stereocenters. The molecule has 0 aromatic heterocycles. The standard InChI is InChI=1S/C17H26N4O2S/c1-21(2)9-7-16(22)19-13-3-5-14(6-4-13)20-17(23)11-15-12-24-10-8-18-15/h3-6,15,18H,7-12H2,1-2H3,(H,19,22)(H,20,23). The average molecular weight is 350 g/mol. The molecule has 132 valence electrons. The summed E-state index contributed by atoms with van der Waals surface area (Å²) in [5.41, 5.74) is 1.48. The summed E-state index contributed by atoms with van der Waals surface area (Å²) in [4.78, 5) is 25.8. The molecule has 2 amide bonds. The lowest BCUT2D eigenvalue weighted by molar-refractivity contribution is -0.117. The fourth-order valence-electron chi connectivity index (χ4n) is 2.37. The van der Waals surface area contributed by atoms with E-state index in [1.807, 2.05) is 42.9 Å². The van der Waals surface area contributed by atoms with E-state index in [0.717, 1.165) is 29.4 Å². The van der Waals surface area contributed by atoms with Crippen LogP contribution in [-0.2, 0) is 9.59 Å². The molecule has 0 spiro atoms. The molecule has 0 bridgehead atoms. The molecule has 3 N–H and O–H groups in total.